The average molecular weight is 270 g/mol. The molecule has 1 N–H and O–H groups in total. The second-order valence-corrected chi connectivity index (χ2v) is 5.42. The Morgan fingerprint density at radius 1 is 1.56 bits per heavy atom. The summed E-state index contributed by atoms with van der Waals surface area (Å²) in [7, 11) is 0. The minimum absolute atomic E-state index is 0.0122. The first-order valence-corrected chi connectivity index (χ1v) is 7.40. The molecular formula is C13H22N2O2S. The summed E-state index contributed by atoms with van der Waals surface area (Å²) in [6.07, 6.45) is 4.47. The Balaban J connectivity index is 0.000000771. The highest BCUT2D eigenvalue weighted by atomic mass is 32.2. The van der Waals surface area contributed by atoms with Gasteiger partial charge in [-0.15, -0.1) is 0 Å². The van der Waals surface area contributed by atoms with Crippen LogP contribution in [0.3, 0.4) is 0 Å². The first-order chi connectivity index (χ1) is 8.64. The molecule has 102 valence electrons. The van der Waals surface area contributed by atoms with Gasteiger partial charge in [0.15, 0.2) is 0 Å². The van der Waals surface area contributed by atoms with Crippen molar-refractivity contribution in [2.45, 2.75) is 58.5 Å². The van der Waals surface area contributed by atoms with Gasteiger partial charge in [-0.05, 0) is 38.5 Å². The number of hydrogen-bond acceptors (Lipinski definition) is 4. The Hall–Kier alpha value is -0.730. The largest absolute Gasteiger partial charge is 0.290 e. The van der Waals surface area contributed by atoms with Crippen LogP contribution in [0.4, 0.5) is 0 Å². The van der Waals surface area contributed by atoms with Crippen LogP contribution in [0.15, 0.2) is 0 Å². The molecule has 2 atom stereocenters. The van der Waals surface area contributed by atoms with Crippen molar-refractivity contribution in [3.63, 3.8) is 0 Å². The van der Waals surface area contributed by atoms with E-state index < -0.39 is 0 Å². The van der Waals surface area contributed by atoms with Crippen molar-refractivity contribution in [2.75, 3.05) is 0 Å². The van der Waals surface area contributed by atoms with Crippen LogP contribution in [0.2, 0.25) is 0 Å². The third-order valence-corrected chi connectivity index (χ3v) is 4.00. The van der Waals surface area contributed by atoms with Crippen molar-refractivity contribution in [1.29, 1.82) is 5.26 Å². The summed E-state index contributed by atoms with van der Waals surface area (Å²) < 4.78 is 8.16. The molecule has 0 saturated heterocycles. The number of nitriles is 1. The fraction of sp³-hybridized carbons (Fsp3) is 0.846. The first kappa shape index (κ1) is 15.3. The van der Waals surface area contributed by atoms with Gasteiger partial charge < -0.3 is 0 Å². The molecule has 4 nitrogen and oxygen atoms in total. The Morgan fingerprint density at radius 3 is 2.78 bits per heavy atom. The number of amides is 1. The zero-order valence-corrected chi connectivity index (χ0v) is 12.2. The molecule has 1 amide bonds. The summed E-state index contributed by atoms with van der Waals surface area (Å²) in [6, 6.07) is 2.11. The number of rotatable bonds is 6. The summed E-state index contributed by atoms with van der Waals surface area (Å²) >= 11 is 1.06. The highest BCUT2D eigenvalue weighted by Crippen LogP contribution is 2.43. The fourth-order valence-corrected chi connectivity index (χ4v) is 2.28. The second-order valence-electron chi connectivity index (χ2n) is 4.88. The van der Waals surface area contributed by atoms with E-state index in [1.807, 2.05) is 20.8 Å². The predicted molar refractivity (Wildman–Crippen MR) is 72.2 cm³/mol. The van der Waals surface area contributed by atoms with E-state index in [1.54, 1.807) is 0 Å². The van der Waals surface area contributed by atoms with Gasteiger partial charge in [0.05, 0.1) is 11.7 Å². The Morgan fingerprint density at radius 2 is 2.22 bits per heavy atom. The first-order valence-electron chi connectivity index (χ1n) is 6.66. The van der Waals surface area contributed by atoms with Crippen LogP contribution in [0.1, 0.15) is 52.9 Å². The molecule has 5 heteroatoms. The zero-order valence-electron chi connectivity index (χ0n) is 11.4. The number of carbonyl (C=O) groups excluding carboxylic acids is 1. The lowest BCUT2D eigenvalue weighted by molar-refractivity contribution is -0.120. The Kier molecular flexibility index (Phi) is 5.97. The van der Waals surface area contributed by atoms with E-state index in [0.717, 1.165) is 37.9 Å². The summed E-state index contributed by atoms with van der Waals surface area (Å²) in [4.78, 5) is 11.6. The quantitative estimate of drug-likeness (QED) is 0.594. The highest BCUT2D eigenvalue weighted by Gasteiger charge is 2.43. The fourth-order valence-electron chi connectivity index (χ4n) is 1.64. The summed E-state index contributed by atoms with van der Waals surface area (Å²) in [6.45, 7) is 6.04. The van der Waals surface area contributed by atoms with Crippen molar-refractivity contribution < 1.29 is 8.98 Å². The van der Waals surface area contributed by atoms with Crippen LogP contribution in [0.25, 0.3) is 0 Å². The molecule has 0 aromatic heterocycles. The van der Waals surface area contributed by atoms with Crippen LogP contribution in [0, 0.1) is 23.2 Å². The molecule has 0 aromatic rings. The van der Waals surface area contributed by atoms with Gasteiger partial charge in [0.1, 0.15) is 12.2 Å². The average Bonchev–Trinajstić information content (AvgIpc) is 3.27. The summed E-state index contributed by atoms with van der Waals surface area (Å²) in [5, 5.41) is 8.43. The van der Waals surface area contributed by atoms with E-state index in [4.69, 9.17) is 9.44 Å². The molecule has 2 aliphatic carbocycles. The van der Waals surface area contributed by atoms with Crippen LogP contribution >= 0.6 is 12.2 Å². The van der Waals surface area contributed by atoms with E-state index in [9.17, 15) is 4.79 Å². The van der Waals surface area contributed by atoms with Crippen LogP contribution in [-0.4, -0.2) is 11.5 Å². The van der Waals surface area contributed by atoms with Crippen molar-refractivity contribution in [1.82, 2.24) is 4.72 Å². The number of nitrogens with one attached hydrogen (secondary N) is 1. The van der Waals surface area contributed by atoms with E-state index in [2.05, 4.69) is 10.8 Å². The van der Waals surface area contributed by atoms with Gasteiger partial charge in [-0.1, -0.05) is 13.8 Å². The maximum Gasteiger partial charge on any atom is 0.234 e. The van der Waals surface area contributed by atoms with Gasteiger partial charge in [-0.3, -0.25) is 13.7 Å². The Bertz CT molecular complexity index is 323. The van der Waals surface area contributed by atoms with Crippen molar-refractivity contribution in [2.24, 2.45) is 11.8 Å². The molecular weight excluding hydrogens is 248 g/mol. The smallest absolute Gasteiger partial charge is 0.234 e. The maximum absolute atomic E-state index is 11.6. The van der Waals surface area contributed by atoms with Gasteiger partial charge >= 0.3 is 0 Å². The summed E-state index contributed by atoms with van der Waals surface area (Å²) in [5.41, 5.74) is -0.0122. The van der Waals surface area contributed by atoms with Gasteiger partial charge in [0.2, 0.25) is 5.91 Å². The Labute approximate surface area is 114 Å². The molecule has 0 unspecified atom stereocenters. The third kappa shape index (κ3) is 4.87. The minimum atomic E-state index is -0.0122. The maximum atomic E-state index is 11.6. The van der Waals surface area contributed by atoms with E-state index in [0.29, 0.717) is 12.3 Å². The lowest BCUT2D eigenvalue weighted by Gasteiger charge is -2.08. The topological polar surface area (TPSA) is 62.1 Å². The molecule has 2 fully saturated rings. The predicted octanol–water partition coefficient (Wildman–Crippen LogP) is 3.20. The molecule has 2 aliphatic rings. The van der Waals surface area contributed by atoms with Gasteiger partial charge in [0.25, 0.3) is 0 Å². The van der Waals surface area contributed by atoms with Gasteiger partial charge in [0, 0.05) is 12.3 Å². The van der Waals surface area contributed by atoms with Gasteiger partial charge in [-0.2, -0.15) is 5.26 Å². The number of hydrogen-bond donors (Lipinski definition) is 1. The standard InChI is InChI=1S/C11H16N2O2S.C2H6/c1-11(4-5-11)15-16-13-10(14)9-7-8(9)3-2-6-12;1-2/h8-9H,2-5,7H2,1H3,(H,13,14);1-2H3/t8-,9+;/m1./s1. The molecule has 0 aliphatic heterocycles. The van der Waals surface area contributed by atoms with Gasteiger partial charge in [-0.25, -0.2) is 0 Å². The molecule has 0 heterocycles. The second kappa shape index (κ2) is 7.01. The van der Waals surface area contributed by atoms with E-state index in [-0.39, 0.29) is 17.4 Å². The van der Waals surface area contributed by atoms with Crippen molar-refractivity contribution >= 4 is 18.1 Å². The monoisotopic (exact) mass is 270 g/mol. The molecule has 0 bridgehead atoms. The molecule has 0 aromatic carbocycles. The SMILES string of the molecule is CC.CC1(OSNC(=O)[C@H]2C[C@H]2CCC#N)CC1. The van der Waals surface area contributed by atoms with Crippen LogP contribution in [-0.2, 0) is 8.98 Å². The molecule has 2 saturated carbocycles. The lowest BCUT2D eigenvalue weighted by Crippen LogP contribution is -2.20. The highest BCUT2D eigenvalue weighted by molar-refractivity contribution is 7.93. The van der Waals surface area contributed by atoms with Crippen molar-refractivity contribution in [3.05, 3.63) is 0 Å². The van der Waals surface area contributed by atoms with Crippen LogP contribution < -0.4 is 4.72 Å². The minimum Gasteiger partial charge on any atom is -0.290 e. The summed E-state index contributed by atoms with van der Waals surface area (Å²) in [5.74, 6) is 0.574. The van der Waals surface area contributed by atoms with Crippen molar-refractivity contribution in [3.8, 4) is 6.07 Å². The lowest BCUT2D eigenvalue weighted by atomic mass is 10.2. The molecule has 0 radical (unpaired) electrons. The molecule has 0 spiro atoms. The number of nitrogens with zero attached hydrogens (tertiary/aromatic N) is 1. The zero-order chi connectivity index (χ0) is 13.6. The van der Waals surface area contributed by atoms with E-state index >= 15 is 0 Å². The van der Waals surface area contributed by atoms with Crippen LogP contribution in [0.5, 0.6) is 0 Å². The van der Waals surface area contributed by atoms with E-state index in [1.165, 1.54) is 0 Å². The normalized spacial score (nSPS) is 26.3. The number of carbonyl (C=O) groups is 1. The third-order valence-electron chi connectivity index (χ3n) is 3.23. The molecule has 2 rings (SSSR count). The molecule has 18 heavy (non-hydrogen) atoms.